The van der Waals surface area contributed by atoms with Crippen molar-refractivity contribution in [3.8, 4) is 0 Å². The first-order valence-corrected chi connectivity index (χ1v) is 7.02. The molecule has 2 nitrogen and oxygen atoms in total. The van der Waals surface area contributed by atoms with Crippen molar-refractivity contribution < 1.29 is 22.0 Å². The van der Waals surface area contributed by atoms with Gasteiger partial charge in [0.1, 0.15) is 0 Å². The Balaban J connectivity index is 4.63. The molecular weight excluding hydrogens is 213 g/mol. The molecule has 0 fully saturated rings. The van der Waals surface area contributed by atoms with E-state index in [0.717, 1.165) is 6.92 Å². The summed E-state index contributed by atoms with van der Waals surface area (Å²) in [4.78, 5) is 0. The van der Waals surface area contributed by atoms with E-state index < -0.39 is 20.3 Å². The molecule has 0 spiro atoms. The molecule has 0 aromatic heterocycles. The summed E-state index contributed by atoms with van der Waals surface area (Å²) in [5.41, 5.74) is -1.50. The third kappa shape index (κ3) is 3.59. The normalized spacial score (nSPS) is 15.6. The van der Waals surface area contributed by atoms with Crippen molar-refractivity contribution in [1.82, 2.24) is 0 Å². The van der Waals surface area contributed by atoms with Crippen LogP contribution in [0.5, 0.6) is 0 Å². The van der Waals surface area contributed by atoms with Gasteiger partial charge >= 0.3 is 14.7 Å². The maximum atomic E-state index is 12.5. The first kappa shape index (κ1) is 13.9. The van der Waals surface area contributed by atoms with Crippen molar-refractivity contribution in [1.29, 1.82) is 0 Å². The number of rotatable bonds is 5. The molecule has 0 aromatic carbocycles. The molecule has 0 bridgehead atoms. The van der Waals surface area contributed by atoms with Crippen molar-refractivity contribution >= 4 is 8.56 Å². The van der Waals surface area contributed by atoms with Crippen LogP contribution in [-0.4, -0.2) is 28.0 Å². The molecule has 0 saturated heterocycles. The van der Waals surface area contributed by atoms with Gasteiger partial charge in [-0.3, -0.25) is 0 Å². The first-order valence-electron chi connectivity index (χ1n) is 4.62. The van der Waals surface area contributed by atoms with E-state index in [4.69, 9.17) is 8.85 Å². The van der Waals surface area contributed by atoms with Crippen molar-refractivity contribution in [2.45, 2.75) is 39.0 Å². The highest BCUT2D eigenvalue weighted by Gasteiger charge is 2.52. The van der Waals surface area contributed by atoms with E-state index in [-0.39, 0.29) is 13.2 Å². The lowest BCUT2D eigenvalue weighted by molar-refractivity contribution is -0.138. The van der Waals surface area contributed by atoms with E-state index in [2.05, 4.69) is 0 Å². The van der Waals surface area contributed by atoms with Crippen LogP contribution in [0.25, 0.3) is 0 Å². The summed E-state index contributed by atoms with van der Waals surface area (Å²) < 4.78 is 47.7. The van der Waals surface area contributed by atoms with E-state index in [9.17, 15) is 13.2 Å². The molecule has 0 rings (SSSR count). The lowest BCUT2D eigenvalue weighted by atomic mass is 10.5. The predicted molar refractivity (Wildman–Crippen MR) is 50.3 cm³/mol. The van der Waals surface area contributed by atoms with Gasteiger partial charge in [-0.15, -0.1) is 0 Å². The van der Waals surface area contributed by atoms with Gasteiger partial charge in [0.15, 0.2) is 0 Å². The van der Waals surface area contributed by atoms with E-state index >= 15 is 0 Å². The Kier molecular flexibility index (Phi) is 5.11. The smallest absolute Gasteiger partial charge is 0.393 e. The summed E-state index contributed by atoms with van der Waals surface area (Å²) in [6.45, 7) is 6.43. The second kappa shape index (κ2) is 5.13. The van der Waals surface area contributed by atoms with Gasteiger partial charge in [-0.1, -0.05) is 6.92 Å². The van der Waals surface area contributed by atoms with Crippen LogP contribution in [0.3, 0.4) is 0 Å². The number of alkyl halides is 3. The molecule has 6 heteroatoms. The van der Waals surface area contributed by atoms with E-state index in [1.54, 1.807) is 13.8 Å². The highest BCUT2D eigenvalue weighted by molar-refractivity contribution is 6.67. The lowest BCUT2D eigenvalue weighted by Gasteiger charge is -2.32. The monoisotopic (exact) mass is 230 g/mol. The Hall–Kier alpha value is -0.0731. The standard InChI is InChI=1S/C8H17F3O2Si/c1-5-12-14(4,13-6-2)7(3)8(9,10)11/h7H,5-6H2,1-4H3. The fourth-order valence-electron chi connectivity index (χ4n) is 1.16. The van der Waals surface area contributed by atoms with Crippen LogP contribution in [0.15, 0.2) is 0 Å². The largest absolute Gasteiger partial charge is 0.394 e. The highest BCUT2D eigenvalue weighted by atomic mass is 28.4. The van der Waals surface area contributed by atoms with Gasteiger partial charge in [0.05, 0.1) is 5.54 Å². The molecule has 86 valence electrons. The Labute approximate surface area is 83.6 Å². The molecule has 0 saturated carbocycles. The third-order valence-electron chi connectivity index (χ3n) is 2.14. The van der Waals surface area contributed by atoms with Crippen LogP contribution >= 0.6 is 0 Å². The number of hydrogen-bond acceptors (Lipinski definition) is 2. The van der Waals surface area contributed by atoms with Gasteiger partial charge in [-0.05, 0) is 20.4 Å². The van der Waals surface area contributed by atoms with Crippen LogP contribution in [-0.2, 0) is 8.85 Å². The molecule has 1 atom stereocenters. The summed E-state index contributed by atoms with van der Waals surface area (Å²) in [6.07, 6.45) is -4.24. The molecule has 0 N–H and O–H groups in total. The fraction of sp³-hybridized carbons (Fsp3) is 1.00. The van der Waals surface area contributed by atoms with Gasteiger partial charge in [0, 0.05) is 13.2 Å². The van der Waals surface area contributed by atoms with Crippen molar-refractivity contribution in [3.05, 3.63) is 0 Å². The Bertz CT molecular complexity index is 166. The molecule has 0 heterocycles. The molecule has 0 aliphatic heterocycles. The van der Waals surface area contributed by atoms with Gasteiger partial charge in [-0.25, -0.2) is 0 Å². The lowest BCUT2D eigenvalue weighted by Crippen LogP contribution is -2.48. The average Bonchev–Trinajstić information content (AvgIpc) is 2.02. The summed E-state index contributed by atoms with van der Waals surface area (Å²) in [5.74, 6) is 0. The summed E-state index contributed by atoms with van der Waals surface area (Å²) >= 11 is 0. The van der Waals surface area contributed by atoms with E-state index in [1.165, 1.54) is 6.55 Å². The van der Waals surface area contributed by atoms with Crippen LogP contribution < -0.4 is 0 Å². The second-order valence-corrected chi connectivity index (χ2v) is 6.62. The Morgan fingerprint density at radius 1 is 1.14 bits per heavy atom. The number of hydrogen-bond donors (Lipinski definition) is 0. The molecular formula is C8H17F3O2Si. The van der Waals surface area contributed by atoms with Gasteiger partial charge < -0.3 is 8.85 Å². The van der Waals surface area contributed by atoms with E-state index in [1.807, 2.05) is 0 Å². The summed E-state index contributed by atoms with van der Waals surface area (Å²) in [5, 5.41) is 0. The zero-order valence-electron chi connectivity index (χ0n) is 8.94. The number of halogens is 3. The van der Waals surface area contributed by atoms with Gasteiger partial charge in [-0.2, -0.15) is 13.2 Å². The maximum Gasteiger partial charge on any atom is 0.393 e. The molecule has 1 unspecified atom stereocenters. The third-order valence-corrected chi connectivity index (χ3v) is 5.76. The minimum atomic E-state index is -4.24. The molecule has 0 aromatic rings. The minimum Gasteiger partial charge on any atom is -0.394 e. The van der Waals surface area contributed by atoms with Crippen LogP contribution in [0.2, 0.25) is 12.1 Å². The second-order valence-electron chi connectivity index (χ2n) is 3.15. The highest BCUT2D eigenvalue weighted by Crippen LogP contribution is 2.39. The maximum absolute atomic E-state index is 12.5. The average molecular weight is 230 g/mol. The predicted octanol–water partition coefficient (Wildman–Crippen LogP) is 3.08. The van der Waals surface area contributed by atoms with E-state index in [0.29, 0.717) is 0 Å². The zero-order chi connectivity index (χ0) is 11.4. The fourth-order valence-corrected chi connectivity index (χ4v) is 3.49. The molecule has 0 aliphatic rings. The summed E-state index contributed by atoms with van der Waals surface area (Å²) in [6, 6.07) is 0. The van der Waals surface area contributed by atoms with Crippen LogP contribution in [0, 0.1) is 0 Å². The molecule has 0 aliphatic carbocycles. The van der Waals surface area contributed by atoms with Gasteiger partial charge in [0.25, 0.3) is 0 Å². The van der Waals surface area contributed by atoms with Gasteiger partial charge in [0.2, 0.25) is 0 Å². The molecule has 0 radical (unpaired) electrons. The van der Waals surface area contributed by atoms with Crippen LogP contribution in [0.4, 0.5) is 13.2 Å². The Morgan fingerprint density at radius 2 is 1.50 bits per heavy atom. The Morgan fingerprint density at radius 3 is 1.71 bits per heavy atom. The first-order chi connectivity index (χ1) is 6.28. The summed E-state index contributed by atoms with van der Waals surface area (Å²) in [7, 11) is -3.11. The minimum absolute atomic E-state index is 0.253. The quantitative estimate of drug-likeness (QED) is 0.676. The SMILES string of the molecule is CCO[Si](C)(OCC)C(C)C(F)(F)F. The molecule has 14 heavy (non-hydrogen) atoms. The van der Waals surface area contributed by atoms with Crippen molar-refractivity contribution in [2.75, 3.05) is 13.2 Å². The molecule has 0 amide bonds. The van der Waals surface area contributed by atoms with Crippen LogP contribution in [0.1, 0.15) is 20.8 Å². The van der Waals surface area contributed by atoms with Crippen molar-refractivity contribution in [2.24, 2.45) is 0 Å². The topological polar surface area (TPSA) is 18.5 Å². The zero-order valence-corrected chi connectivity index (χ0v) is 9.94. The van der Waals surface area contributed by atoms with Crippen molar-refractivity contribution in [3.63, 3.8) is 0 Å².